The van der Waals surface area contributed by atoms with E-state index in [4.69, 9.17) is 30.3 Å². The van der Waals surface area contributed by atoms with Crippen LogP contribution in [0.4, 0.5) is 0 Å². The van der Waals surface area contributed by atoms with Gasteiger partial charge in [-0.1, -0.05) is 16.8 Å². The molecular formula is C14H16ClN3O4. The van der Waals surface area contributed by atoms with E-state index in [1.807, 2.05) is 0 Å². The summed E-state index contributed by atoms with van der Waals surface area (Å²) in [6, 6.07) is 3.37. The van der Waals surface area contributed by atoms with Gasteiger partial charge in [-0.05, 0) is 18.6 Å². The van der Waals surface area contributed by atoms with E-state index in [1.165, 1.54) is 6.20 Å². The third-order valence-electron chi connectivity index (χ3n) is 3.18. The zero-order valence-electron chi connectivity index (χ0n) is 11.9. The van der Waals surface area contributed by atoms with E-state index >= 15 is 0 Å². The number of aromatic nitrogens is 3. The molecule has 3 rings (SSSR count). The van der Waals surface area contributed by atoms with Crippen molar-refractivity contribution in [2.24, 2.45) is 5.92 Å². The topological polar surface area (TPSA) is 79.5 Å². The van der Waals surface area contributed by atoms with Crippen LogP contribution in [0, 0.1) is 5.92 Å². The van der Waals surface area contributed by atoms with Gasteiger partial charge in [0.2, 0.25) is 0 Å². The molecule has 1 aliphatic heterocycles. The fraction of sp³-hybridized carbons (Fsp3) is 0.500. The Bertz CT molecular complexity index is 584. The van der Waals surface area contributed by atoms with Gasteiger partial charge in [0.05, 0.1) is 19.4 Å². The van der Waals surface area contributed by atoms with Crippen molar-refractivity contribution < 1.29 is 18.7 Å². The highest BCUT2D eigenvalue weighted by Crippen LogP contribution is 2.14. The van der Waals surface area contributed by atoms with Crippen LogP contribution < -0.4 is 4.74 Å². The van der Waals surface area contributed by atoms with E-state index < -0.39 is 0 Å². The zero-order chi connectivity index (χ0) is 15.2. The second kappa shape index (κ2) is 7.53. The molecular weight excluding hydrogens is 310 g/mol. The fourth-order valence-corrected chi connectivity index (χ4v) is 2.14. The molecule has 2 aromatic rings. The fourth-order valence-electron chi connectivity index (χ4n) is 2.03. The van der Waals surface area contributed by atoms with E-state index in [9.17, 15) is 0 Å². The molecule has 0 bridgehead atoms. The SMILES string of the molecule is Clc1ccc(OCc2nc(COCC3CCOC3)no2)cn1. The molecule has 3 heterocycles. The summed E-state index contributed by atoms with van der Waals surface area (Å²) < 4.78 is 21.4. The lowest BCUT2D eigenvalue weighted by atomic mass is 10.1. The Labute approximate surface area is 132 Å². The van der Waals surface area contributed by atoms with Crippen molar-refractivity contribution in [1.29, 1.82) is 0 Å². The van der Waals surface area contributed by atoms with Gasteiger partial charge in [-0.3, -0.25) is 0 Å². The third-order valence-corrected chi connectivity index (χ3v) is 3.40. The Balaban J connectivity index is 1.41. The molecule has 1 unspecified atom stereocenters. The van der Waals surface area contributed by atoms with E-state index in [1.54, 1.807) is 12.1 Å². The summed E-state index contributed by atoms with van der Waals surface area (Å²) in [6.07, 6.45) is 2.58. The quantitative estimate of drug-likeness (QED) is 0.722. The van der Waals surface area contributed by atoms with Gasteiger partial charge in [0.15, 0.2) is 12.4 Å². The van der Waals surface area contributed by atoms with Gasteiger partial charge in [0.1, 0.15) is 17.5 Å². The zero-order valence-corrected chi connectivity index (χ0v) is 12.7. The molecule has 118 valence electrons. The monoisotopic (exact) mass is 325 g/mol. The van der Waals surface area contributed by atoms with Crippen molar-refractivity contribution in [3.63, 3.8) is 0 Å². The summed E-state index contributed by atoms with van der Waals surface area (Å²) in [5, 5.41) is 4.26. The van der Waals surface area contributed by atoms with Crippen molar-refractivity contribution in [3.05, 3.63) is 35.2 Å². The summed E-state index contributed by atoms with van der Waals surface area (Å²) in [4.78, 5) is 8.12. The number of pyridine rings is 1. The molecule has 1 saturated heterocycles. The Morgan fingerprint density at radius 1 is 1.32 bits per heavy atom. The Hall–Kier alpha value is -1.70. The summed E-state index contributed by atoms with van der Waals surface area (Å²) in [5.41, 5.74) is 0. The average molecular weight is 326 g/mol. The van der Waals surface area contributed by atoms with E-state index in [2.05, 4.69) is 15.1 Å². The number of rotatable bonds is 7. The van der Waals surface area contributed by atoms with Crippen molar-refractivity contribution in [2.75, 3.05) is 19.8 Å². The first-order valence-corrected chi connectivity index (χ1v) is 7.38. The Morgan fingerprint density at radius 2 is 2.27 bits per heavy atom. The molecule has 1 atom stereocenters. The van der Waals surface area contributed by atoms with Crippen LogP contribution in [0.5, 0.6) is 5.75 Å². The molecule has 0 saturated carbocycles. The average Bonchev–Trinajstić information content (AvgIpc) is 3.19. The van der Waals surface area contributed by atoms with Crippen LogP contribution in [0.2, 0.25) is 5.15 Å². The Kier molecular flexibility index (Phi) is 5.20. The largest absolute Gasteiger partial charge is 0.482 e. The van der Waals surface area contributed by atoms with Crippen molar-refractivity contribution in [3.8, 4) is 5.75 Å². The number of nitrogens with zero attached hydrogens (tertiary/aromatic N) is 3. The molecule has 1 aliphatic rings. The summed E-state index contributed by atoms with van der Waals surface area (Å²) in [6.45, 7) is 2.73. The summed E-state index contributed by atoms with van der Waals surface area (Å²) in [5.74, 6) is 1.94. The van der Waals surface area contributed by atoms with E-state index in [0.29, 0.717) is 41.7 Å². The number of ether oxygens (including phenoxy) is 3. The van der Waals surface area contributed by atoms with Gasteiger partial charge in [0, 0.05) is 12.5 Å². The predicted molar refractivity (Wildman–Crippen MR) is 76.5 cm³/mol. The highest BCUT2D eigenvalue weighted by atomic mass is 35.5. The lowest BCUT2D eigenvalue weighted by molar-refractivity contribution is 0.0741. The molecule has 7 nitrogen and oxygen atoms in total. The molecule has 8 heteroatoms. The van der Waals surface area contributed by atoms with E-state index in [-0.39, 0.29) is 6.61 Å². The van der Waals surface area contributed by atoms with Gasteiger partial charge in [-0.25, -0.2) is 4.98 Å². The van der Waals surface area contributed by atoms with Crippen molar-refractivity contribution in [2.45, 2.75) is 19.6 Å². The van der Waals surface area contributed by atoms with Crippen LogP contribution in [-0.4, -0.2) is 34.9 Å². The molecule has 0 radical (unpaired) electrons. The van der Waals surface area contributed by atoms with Gasteiger partial charge in [-0.2, -0.15) is 4.98 Å². The molecule has 1 fully saturated rings. The minimum absolute atomic E-state index is 0.173. The first kappa shape index (κ1) is 15.2. The normalized spacial score (nSPS) is 17.8. The number of hydrogen-bond donors (Lipinski definition) is 0. The van der Waals surface area contributed by atoms with Crippen LogP contribution in [0.1, 0.15) is 18.1 Å². The lowest BCUT2D eigenvalue weighted by Crippen LogP contribution is -2.09. The first-order chi connectivity index (χ1) is 10.8. The molecule has 0 aromatic carbocycles. The van der Waals surface area contributed by atoms with Crippen LogP contribution in [0.15, 0.2) is 22.9 Å². The first-order valence-electron chi connectivity index (χ1n) is 7.01. The standard InChI is InChI=1S/C14H16ClN3O4/c15-12-2-1-11(5-16-12)21-9-14-17-13(18-22-14)8-20-7-10-3-4-19-6-10/h1-2,5,10H,3-4,6-9H2. The molecule has 22 heavy (non-hydrogen) atoms. The maximum absolute atomic E-state index is 5.70. The Morgan fingerprint density at radius 3 is 3.05 bits per heavy atom. The van der Waals surface area contributed by atoms with Gasteiger partial charge in [-0.15, -0.1) is 0 Å². The van der Waals surface area contributed by atoms with Crippen LogP contribution in [-0.2, 0) is 22.7 Å². The van der Waals surface area contributed by atoms with Crippen LogP contribution in [0.3, 0.4) is 0 Å². The van der Waals surface area contributed by atoms with E-state index in [0.717, 1.165) is 19.6 Å². The minimum atomic E-state index is 0.173. The molecule has 0 aliphatic carbocycles. The van der Waals surface area contributed by atoms with Crippen LogP contribution in [0.25, 0.3) is 0 Å². The molecule has 2 aromatic heterocycles. The second-order valence-electron chi connectivity index (χ2n) is 4.95. The van der Waals surface area contributed by atoms with Crippen LogP contribution >= 0.6 is 11.6 Å². The summed E-state index contributed by atoms with van der Waals surface area (Å²) >= 11 is 5.70. The lowest BCUT2D eigenvalue weighted by Gasteiger charge is -2.06. The smallest absolute Gasteiger partial charge is 0.264 e. The molecule has 0 amide bonds. The molecule has 0 N–H and O–H groups in total. The summed E-state index contributed by atoms with van der Waals surface area (Å²) in [7, 11) is 0. The molecule has 0 spiro atoms. The third kappa shape index (κ3) is 4.40. The second-order valence-corrected chi connectivity index (χ2v) is 5.34. The predicted octanol–water partition coefficient (Wildman–Crippen LogP) is 2.25. The maximum Gasteiger partial charge on any atom is 0.264 e. The van der Waals surface area contributed by atoms with Gasteiger partial charge >= 0.3 is 0 Å². The number of hydrogen-bond acceptors (Lipinski definition) is 7. The van der Waals surface area contributed by atoms with Gasteiger partial charge in [0.25, 0.3) is 5.89 Å². The maximum atomic E-state index is 5.70. The van der Waals surface area contributed by atoms with Crippen molar-refractivity contribution in [1.82, 2.24) is 15.1 Å². The highest BCUT2D eigenvalue weighted by Gasteiger charge is 2.16. The van der Waals surface area contributed by atoms with Crippen molar-refractivity contribution >= 4 is 11.6 Å². The highest BCUT2D eigenvalue weighted by molar-refractivity contribution is 6.29. The van der Waals surface area contributed by atoms with Gasteiger partial charge < -0.3 is 18.7 Å². The number of halogens is 1. The minimum Gasteiger partial charge on any atom is -0.482 e.